The summed E-state index contributed by atoms with van der Waals surface area (Å²) in [6.07, 6.45) is 4.36. The van der Waals surface area contributed by atoms with Crippen LogP contribution in [0, 0.1) is 11.3 Å². The highest BCUT2D eigenvalue weighted by molar-refractivity contribution is 7.98. The van der Waals surface area contributed by atoms with Gasteiger partial charge in [-0.3, -0.25) is 4.79 Å². The summed E-state index contributed by atoms with van der Waals surface area (Å²) < 4.78 is 0. The van der Waals surface area contributed by atoms with E-state index in [0.717, 1.165) is 25.3 Å². The molecular weight excluding hydrogens is 230 g/mol. The molecule has 0 unspecified atom stereocenters. The minimum atomic E-state index is 0.100. The Morgan fingerprint density at radius 2 is 2.12 bits per heavy atom. The predicted molar refractivity (Wildman–Crippen MR) is 69.9 cm³/mol. The number of benzene rings is 1. The summed E-state index contributed by atoms with van der Waals surface area (Å²) in [5.74, 6) is 1.09. The Kier molecular flexibility index (Phi) is 2.47. The van der Waals surface area contributed by atoms with Crippen molar-refractivity contribution in [3.05, 3.63) is 29.8 Å². The maximum Gasteiger partial charge on any atom is 0.229 e. The molecule has 0 aliphatic heterocycles. The number of fused-ring (bicyclic) bond motifs is 1. The van der Waals surface area contributed by atoms with E-state index >= 15 is 0 Å². The van der Waals surface area contributed by atoms with Gasteiger partial charge in [0.15, 0.2) is 0 Å². The molecule has 0 radical (unpaired) electrons. The number of hydrogen-bond donors (Lipinski definition) is 0. The summed E-state index contributed by atoms with van der Waals surface area (Å²) in [6.45, 7) is 0.740. The third-order valence-electron chi connectivity index (χ3n) is 4.06. The average Bonchev–Trinajstić information content (AvgIpc) is 3.17. The topological polar surface area (TPSA) is 20.3 Å². The first-order valence-electron chi connectivity index (χ1n) is 6.05. The van der Waals surface area contributed by atoms with Crippen molar-refractivity contribution < 1.29 is 4.79 Å². The smallest absolute Gasteiger partial charge is 0.229 e. The molecule has 0 heterocycles. The van der Waals surface area contributed by atoms with E-state index in [-0.39, 0.29) is 5.41 Å². The van der Waals surface area contributed by atoms with Crippen LogP contribution in [0.4, 0.5) is 0 Å². The van der Waals surface area contributed by atoms with Crippen molar-refractivity contribution in [3.8, 4) is 0 Å². The van der Waals surface area contributed by atoms with E-state index in [2.05, 4.69) is 18.4 Å². The Bertz CT molecular complexity index is 465. The summed E-state index contributed by atoms with van der Waals surface area (Å²) >= 11 is 1.74. The molecule has 2 aliphatic carbocycles. The second kappa shape index (κ2) is 3.77. The lowest BCUT2D eigenvalue weighted by Gasteiger charge is -2.20. The minimum Gasteiger partial charge on any atom is -0.341 e. The summed E-state index contributed by atoms with van der Waals surface area (Å²) in [7, 11) is 1.93. The minimum absolute atomic E-state index is 0.100. The number of carbonyl (C=O) groups excluding carboxylic acids is 1. The molecule has 0 N–H and O–H groups in total. The standard InChI is InChI=1S/C14H17NOS/c1-15(13(16)14-7-11(14)8-14)9-10-5-3-4-6-12(10)17-2/h3-6,11H,7-9H2,1-2H3. The molecule has 90 valence electrons. The molecule has 1 amide bonds. The molecule has 2 nitrogen and oxygen atoms in total. The van der Waals surface area contributed by atoms with Crippen LogP contribution in [0.1, 0.15) is 18.4 Å². The maximum absolute atomic E-state index is 12.2. The molecule has 2 saturated carbocycles. The van der Waals surface area contributed by atoms with E-state index in [0.29, 0.717) is 5.91 Å². The highest BCUT2D eigenvalue weighted by atomic mass is 32.2. The molecule has 0 spiro atoms. The van der Waals surface area contributed by atoms with E-state index < -0.39 is 0 Å². The highest BCUT2D eigenvalue weighted by Gasteiger charge is 2.75. The van der Waals surface area contributed by atoms with E-state index in [1.165, 1.54) is 10.5 Å². The fourth-order valence-electron chi connectivity index (χ4n) is 2.59. The fraction of sp³-hybridized carbons (Fsp3) is 0.500. The maximum atomic E-state index is 12.2. The largest absolute Gasteiger partial charge is 0.341 e. The van der Waals surface area contributed by atoms with Gasteiger partial charge in [0.2, 0.25) is 5.91 Å². The Hall–Kier alpha value is -0.960. The Balaban J connectivity index is 1.71. The quantitative estimate of drug-likeness (QED) is 0.763. The zero-order valence-corrected chi connectivity index (χ0v) is 11.1. The SMILES string of the molecule is CSc1ccccc1CN(C)C(=O)C12CC1C2. The van der Waals surface area contributed by atoms with Gasteiger partial charge >= 0.3 is 0 Å². The Morgan fingerprint density at radius 1 is 1.47 bits per heavy atom. The van der Waals surface area contributed by atoms with Gasteiger partial charge in [-0.25, -0.2) is 0 Å². The van der Waals surface area contributed by atoms with Gasteiger partial charge in [0.25, 0.3) is 0 Å². The van der Waals surface area contributed by atoms with Crippen LogP contribution in [0.2, 0.25) is 0 Å². The molecule has 3 heteroatoms. The van der Waals surface area contributed by atoms with Crippen molar-refractivity contribution >= 4 is 17.7 Å². The summed E-state index contributed by atoms with van der Waals surface area (Å²) in [6, 6.07) is 8.33. The fourth-order valence-corrected chi connectivity index (χ4v) is 3.20. The number of amides is 1. The van der Waals surface area contributed by atoms with Crippen molar-refractivity contribution in [1.82, 2.24) is 4.90 Å². The van der Waals surface area contributed by atoms with Gasteiger partial charge in [-0.1, -0.05) is 18.2 Å². The van der Waals surface area contributed by atoms with E-state index in [1.807, 2.05) is 24.1 Å². The van der Waals surface area contributed by atoms with Gasteiger partial charge in [0.1, 0.15) is 0 Å². The first-order chi connectivity index (χ1) is 8.17. The number of carbonyl (C=O) groups is 1. The van der Waals surface area contributed by atoms with Crippen molar-refractivity contribution in [1.29, 1.82) is 0 Å². The molecule has 1 aromatic carbocycles. The predicted octanol–water partition coefficient (Wildman–Crippen LogP) is 2.78. The zero-order valence-electron chi connectivity index (χ0n) is 10.3. The van der Waals surface area contributed by atoms with Gasteiger partial charge in [-0.2, -0.15) is 0 Å². The van der Waals surface area contributed by atoms with Crippen molar-refractivity contribution in [2.75, 3.05) is 13.3 Å². The monoisotopic (exact) mass is 247 g/mol. The molecule has 0 aromatic heterocycles. The second-order valence-corrected chi connectivity index (χ2v) is 6.08. The van der Waals surface area contributed by atoms with Crippen LogP contribution < -0.4 is 0 Å². The van der Waals surface area contributed by atoms with Crippen molar-refractivity contribution in [3.63, 3.8) is 0 Å². The molecule has 2 aliphatic rings. The lowest BCUT2D eigenvalue weighted by molar-refractivity contribution is -0.134. The zero-order chi connectivity index (χ0) is 12.0. The highest BCUT2D eigenvalue weighted by Crippen LogP contribution is 2.75. The summed E-state index contributed by atoms with van der Waals surface area (Å²) in [4.78, 5) is 15.4. The molecule has 2 fully saturated rings. The normalized spacial score (nSPS) is 28.5. The Labute approximate surface area is 106 Å². The van der Waals surface area contributed by atoms with Crippen LogP contribution in [0.25, 0.3) is 0 Å². The third-order valence-corrected chi connectivity index (χ3v) is 4.89. The number of nitrogens with zero attached hydrogens (tertiary/aromatic N) is 1. The molecule has 0 saturated heterocycles. The van der Waals surface area contributed by atoms with E-state index in [4.69, 9.17) is 0 Å². The van der Waals surface area contributed by atoms with E-state index in [9.17, 15) is 4.79 Å². The number of hydrogen-bond acceptors (Lipinski definition) is 2. The first-order valence-corrected chi connectivity index (χ1v) is 7.27. The van der Waals surface area contributed by atoms with Gasteiger partial charge < -0.3 is 4.90 Å². The van der Waals surface area contributed by atoms with Crippen LogP contribution in [-0.4, -0.2) is 24.1 Å². The lowest BCUT2D eigenvalue weighted by atomic mass is 10.1. The van der Waals surface area contributed by atoms with Gasteiger partial charge in [0.05, 0.1) is 5.41 Å². The molecule has 3 rings (SSSR count). The van der Waals surface area contributed by atoms with Crippen LogP contribution >= 0.6 is 11.8 Å². The summed E-state index contributed by atoms with van der Waals surface area (Å²) in [5, 5.41) is 0. The molecule has 17 heavy (non-hydrogen) atoms. The van der Waals surface area contributed by atoms with Gasteiger partial charge in [-0.15, -0.1) is 11.8 Å². The Morgan fingerprint density at radius 3 is 2.71 bits per heavy atom. The first kappa shape index (κ1) is 11.1. The molecule has 0 atom stereocenters. The van der Waals surface area contributed by atoms with Crippen LogP contribution in [0.15, 0.2) is 29.2 Å². The average molecular weight is 247 g/mol. The molecular formula is C14H17NOS. The van der Waals surface area contributed by atoms with E-state index in [1.54, 1.807) is 11.8 Å². The molecule has 1 aromatic rings. The van der Waals surface area contributed by atoms with Gasteiger partial charge in [-0.05, 0) is 36.6 Å². The van der Waals surface area contributed by atoms with Crippen LogP contribution in [0.5, 0.6) is 0 Å². The third kappa shape index (κ3) is 1.77. The molecule has 0 bridgehead atoms. The van der Waals surface area contributed by atoms with Gasteiger partial charge in [0, 0.05) is 18.5 Å². The second-order valence-electron chi connectivity index (χ2n) is 5.23. The summed E-state index contributed by atoms with van der Waals surface area (Å²) in [5.41, 5.74) is 1.35. The van der Waals surface area contributed by atoms with Crippen molar-refractivity contribution in [2.24, 2.45) is 11.3 Å². The lowest BCUT2D eigenvalue weighted by Crippen LogP contribution is -2.30. The van der Waals surface area contributed by atoms with Crippen molar-refractivity contribution in [2.45, 2.75) is 24.3 Å². The van der Waals surface area contributed by atoms with Crippen LogP contribution in [-0.2, 0) is 11.3 Å². The number of thioether (sulfide) groups is 1. The number of rotatable bonds is 4. The van der Waals surface area contributed by atoms with Crippen LogP contribution in [0.3, 0.4) is 0 Å².